The summed E-state index contributed by atoms with van der Waals surface area (Å²) < 4.78 is 70.8. The van der Waals surface area contributed by atoms with Gasteiger partial charge in [-0.1, -0.05) is 0 Å². The van der Waals surface area contributed by atoms with Crippen LogP contribution in [0.3, 0.4) is 0 Å². The van der Waals surface area contributed by atoms with E-state index in [1.54, 1.807) is 91.0 Å². The summed E-state index contributed by atoms with van der Waals surface area (Å²) in [7, 11) is 0.861. The van der Waals surface area contributed by atoms with Crippen LogP contribution in [0.1, 0.15) is 10.4 Å². The SMILES string of the molecule is COc1c(F)c(F)c(C(=O)[O][Sn]([c]2ccccc2)([c]2ccccc2)[c]2ccccc2)c(F)c1F. The summed E-state index contributed by atoms with van der Waals surface area (Å²) >= 11 is -4.78. The predicted molar refractivity (Wildman–Crippen MR) is 122 cm³/mol. The van der Waals surface area contributed by atoms with Crippen LogP contribution in [-0.4, -0.2) is 31.9 Å². The van der Waals surface area contributed by atoms with E-state index in [1.165, 1.54) is 0 Å². The van der Waals surface area contributed by atoms with E-state index in [4.69, 9.17) is 3.07 Å². The Labute approximate surface area is 198 Å². The molecule has 34 heavy (non-hydrogen) atoms. The third kappa shape index (κ3) is 4.04. The van der Waals surface area contributed by atoms with Gasteiger partial charge in [0.2, 0.25) is 0 Å². The van der Waals surface area contributed by atoms with Crippen molar-refractivity contribution in [3.63, 3.8) is 0 Å². The number of hydrogen-bond donors (Lipinski definition) is 0. The fourth-order valence-corrected chi connectivity index (χ4v) is 14.5. The Morgan fingerprint density at radius 1 is 0.618 bits per heavy atom. The summed E-state index contributed by atoms with van der Waals surface area (Å²) in [5, 5.41) is 0. The second-order valence-electron chi connectivity index (χ2n) is 7.33. The molecule has 8 heteroatoms. The van der Waals surface area contributed by atoms with Crippen LogP contribution < -0.4 is 15.5 Å². The molecule has 3 nitrogen and oxygen atoms in total. The van der Waals surface area contributed by atoms with Crippen molar-refractivity contribution >= 4 is 35.5 Å². The average molecular weight is 573 g/mol. The molecular weight excluding hydrogens is 555 g/mol. The van der Waals surface area contributed by atoms with Gasteiger partial charge in [-0.25, -0.2) is 0 Å². The quantitative estimate of drug-likeness (QED) is 0.198. The Balaban J connectivity index is 1.98. The van der Waals surface area contributed by atoms with Crippen molar-refractivity contribution in [1.29, 1.82) is 0 Å². The molecule has 0 saturated heterocycles. The van der Waals surface area contributed by atoms with E-state index in [0.717, 1.165) is 7.11 Å². The molecule has 0 aliphatic rings. The average Bonchev–Trinajstić information content (AvgIpc) is 2.88. The Bertz CT molecular complexity index is 1190. The van der Waals surface area contributed by atoms with Crippen LogP contribution >= 0.6 is 0 Å². The zero-order valence-corrected chi connectivity index (χ0v) is 20.8. The van der Waals surface area contributed by atoms with Crippen molar-refractivity contribution in [3.8, 4) is 5.75 Å². The summed E-state index contributed by atoms with van der Waals surface area (Å²) in [4.78, 5) is 13.3. The van der Waals surface area contributed by atoms with Crippen LogP contribution in [0.4, 0.5) is 17.6 Å². The van der Waals surface area contributed by atoms with Crippen LogP contribution in [-0.2, 0) is 3.07 Å². The molecule has 0 heterocycles. The van der Waals surface area contributed by atoms with Gasteiger partial charge in [-0.05, 0) is 0 Å². The minimum absolute atomic E-state index is 0.665. The molecule has 0 atom stereocenters. The Morgan fingerprint density at radius 2 is 0.971 bits per heavy atom. The second kappa shape index (κ2) is 9.88. The van der Waals surface area contributed by atoms with Crippen LogP contribution in [0.25, 0.3) is 0 Å². The number of carbonyl (C=O) groups excluding carboxylic acids is 1. The number of carbonyl (C=O) groups is 1. The second-order valence-corrected chi connectivity index (χ2v) is 16.7. The summed E-state index contributed by atoms with van der Waals surface area (Å²) in [5.41, 5.74) is -1.44. The molecule has 4 rings (SSSR count). The molecule has 0 unspecified atom stereocenters. The maximum absolute atomic E-state index is 14.8. The first-order valence-electron chi connectivity index (χ1n) is 10.2. The normalized spacial score (nSPS) is 11.2. The van der Waals surface area contributed by atoms with Gasteiger partial charge in [0.25, 0.3) is 0 Å². The van der Waals surface area contributed by atoms with Crippen molar-refractivity contribution < 1.29 is 30.2 Å². The number of methoxy groups -OCH3 is 1. The Kier molecular flexibility index (Phi) is 6.92. The molecule has 0 fully saturated rings. The van der Waals surface area contributed by atoms with Crippen LogP contribution in [0.15, 0.2) is 91.0 Å². The van der Waals surface area contributed by atoms with E-state index in [2.05, 4.69) is 4.74 Å². The predicted octanol–water partition coefficient (Wildman–Crippen LogP) is 4.08. The van der Waals surface area contributed by atoms with E-state index in [0.29, 0.717) is 10.7 Å². The van der Waals surface area contributed by atoms with Crippen molar-refractivity contribution in [2.24, 2.45) is 0 Å². The van der Waals surface area contributed by atoms with Gasteiger partial charge in [0.15, 0.2) is 0 Å². The number of halogens is 4. The first kappa shape index (κ1) is 23.8. The van der Waals surface area contributed by atoms with Crippen LogP contribution in [0, 0.1) is 23.3 Å². The van der Waals surface area contributed by atoms with E-state index in [9.17, 15) is 22.4 Å². The zero-order valence-electron chi connectivity index (χ0n) is 17.9. The van der Waals surface area contributed by atoms with Gasteiger partial charge in [-0.2, -0.15) is 0 Å². The van der Waals surface area contributed by atoms with E-state index >= 15 is 0 Å². The van der Waals surface area contributed by atoms with Crippen LogP contribution in [0.5, 0.6) is 5.75 Å². The van der Waals surface area contributed by atoms with Gasteiger partial charge in [-0.15, -0.1) is 0 Å². The number of ether oxygens (including phenoxy) is 1. The Morgan fingerprint density at radius 3 is 1.29 bits per heavy atom. The Hall–Kier alpha value is -3.33. The summed E-state index contributed by atoms with van der Waals surface area (Å²) in [6, 6.07) is 26.5. The standard InChI is InChI=1S/C8H4F4O3.3C6H5.Sn/c1-15-7-5(11)3(9)2(8(13)14)4(10)6(7)12;3*1-2-4-6-5-3-1;/h1H3,(H,13,14);3*1-5H;/q;;;;+1/p-1. The zero-order chi connectivity index (χ0) is 24.3. The van der Waals surface area contributed by atoms with Gasteiger partial charge in [-0.3, -0.25) is 0 Å². The minimum atomic E-state index is -4.78. The summed E-state index contributed by atoms with van der Waals surface area (Å²) in [5.74, 6) is -10.1. The van der Waals surface area contributed by atoms with Gasteiger partial charge < -0.3 is 0 Å². The first-order valence-corrected chi connectivity index (χ1v) is 15.7. The molecule has 4 aromatic rings. The molecule has 0 N–H and O–H groups in total. The molecule has 4 aromatic carbocycles. The van der Waals surface area contributed by atoms with Crippen molar-refractivity contribution in [2.45, 2.75) is 0 Å². The first-order chi connectivity index (χ1) is 16.4. The molecule has 0 amide bonds. The van der Waals surface area contributed by atoms with Gasteiger partial charge in [0.1, 0.15) is 0 Å². The molecule has 0 aliphatic carbocycles. The third-order valence-corrected chi connectivity index (χ3v) is 16.6. The van der Waals surface area contributed by atoms with E-state index < -0.39 is 59.3 Å². The molecule has 0 bridgehead atoms. The number of rotatable bonds is 6. The third-order valence-electron chi connectivity index (χ3n) is 5.42. The maximum atomic E-state index is 14.8. The topological polar surface area (TPSA) is 35.5 Å². The molecule has 0 radical (unpaired) electrons. The molecule has 0 aromatic heterocycles. The van der Waals surface area contributed by atoms with Crippen molar-refractivity contribution in [3.05, 3.63) is 120 Å². The van der Waals surface area contributed by atoms with Gasteiger partial charge in [0, 0.05) is 0 Å². The monoisotopic (exact) mass is 574 g/mol. The van der Waals surface area contributed by atoms with E-state index in [1.807, 2.05) is 0 Å². The van der Waals surface area contributed by atoms with Gasteiger partial charge >= 0.3 is 198 Å². The number of hydrogen-bond acceptors (Lipinski definition) is 3. The van der Waals surface area contributed by atoms with Crippen LogP contribution in [0.2, 0.25) is 0 Å². The fourth-order valence-electron chi connectivity index (χ4n) is 3.86. The molecule has 172 valence electrons. The number of benzene rings is 4. The van der Waals surface area contributed by atoms with Gasteiger partial charge in [0.05, 0.1) is 0 Å². The van der Waals surface area contributed by atoms with Crippen molar-refractivity contribution in [1.82, 2.24) is 0 Å². The summed E-state index contributed by atoms with van der Waals surface area (Å²) in [6.07, 6.45) is 0. The molecule has 0 aliphatic heterocycles. The fraction of sp³-hybridized carbons (Fsp3) is 0.0385. The van der Waals surface area contributed by atoms with Crippen molar-refractivity contribution in [2.75, 3.05) is 7.11 Å². The van der Waals surface area contributed by atoms with E-state index in [-0.39, 0.29) is 0 Å². The molecular formula is C26H18F4O3Sn. The molecule has 0 spiro atoms. The molecule has 0 saturated carbocycles. The summed E-state index contributed by atoms with van der Waals surface area (Å²) in [6.45, 7) is 0.